The van der Waals surface area contributed by atoms with Crippen molar-refractivity contribution in [3.63, 3.8) is 0 Å². The third kappa shape index (κ3) is 20.1. The van der Waals surface area contributed by atoms with Crippen molar-refractivity contribution in [1.82, 2.24) is 0 Å². The van der Waals surface area contributed by atoms with Gasteiger partial charge in [-0.15, -0.1) is 0 Å². The summed E-state index contributed by atoms with van der Waals surface area (Å²) in [6, 6.07) is 0. The minimum atomic E-state index is -0.454. The van der Waals surface area contributed by atoms with Crippen molar-refractivity contribution in [3.8, 4) is 0 Å². The minimum Gasteiger partial charge on any atom is -0.390 e. The van der Waals surface area contributed by atoms with E-state index in [-0.39, 0.29) is 0 Å². The molecule has 1 heterocycles. The van der Waals surface area contributed by atoms with Crippen LogP contribution in [0.1, 0.15) is 65.7 Å². The van der Waals surface area contributed by atoms with Gasteiger partial charge in [0.05, 0.1) is 18.8 Å². The van der Waals surface area contributed by atoms with E-state index in [0.717, 1.165) is 19.6 Å². The van der Waals surface area contributed by atoms with Gasteiger partial charge in [-0.1, -0.05) is 45.4 Å². The molecule has 0 bridgehead atoms. The summed E-state index contributed by atoms with van der Waals surface area (Å²) in [6.45, 7) is 8.01. The molecule has 15 heavy (non-hydrogen) atoms. The van der Waals surface area contributed by atoms with Gasteiger partial charge in [0.15, 0.2) is 0 Å². The van der Waals surface area contributed by atoms with Gasteiger partial charge in [-0.05, 0) is 20.3 Å². The highest BCUT2D eigenvalue weighted by molar-refractivity contribution is 4.64. The average molecular weight is 216 g/mol. The Kier molecular flexibility index (Phi) is 9.12. The van der Waals surface area contributed by atoms with Crippen molar-refractivity contribution < 1.29 is 9.84 Å². The molecule has 2 heteroatoms. The first-order valence-corrected chi connectivity index (χ1v) is 6.36. The SMILES string of the molecule is C1CO1.CCCCCCCCC(C)(C)O. The van der Waals surface area contributed by atoms with Gasteiger partial charge in [-0.3, -0.25) is 0 Å². The van der Waals surface area contributed by atoms with Crippen LogP contribution in [0.2, 0.25) is 0 Å². The van der Waals surface area contributed by atoms with Crippen molar-refractivity contribution in [3.05, 3.63) is 0 Å². The Morgan fingerprint density at radius 1 is 1.00 bits per heavy atom. The highest BCUT2D eigenvalue weighted by atomic mass is 16.6. The molecule has 1 fully saturated rings. The zero-order chi connectivity index (χ0) is 11.6. The zero-order valence-electron chi connectivity index (χ0n) is 10.7. The second kappa shape index (κ2) is 9.17. The van der Waals surface area contributed by atoms with Crippen molar-refractivity contribution in [2.45, 2.75) is 71.3 Å². The highest BCUT2D eigenvalue weighted by Gasteiger charge is 2.10. The standard InChI is InChI=1S/C11H24O.C2H4O/c1-4-5-6-7-8-9-10-11(2,3)12;1-2-3-1/h12H,4-10H2,1-3H3;1-2H2. The number of ether oxygens (including phenoxy) is 1. The van der Waals surface area contributed by atoms with E-state index in [0.29, 0.717) is 0 Å². The van der Waals surface area contributed by atoms with Crippen molar-refractivity contribution in [1.29, 1.82) is 0 Å². The molecule has 1 rings (SSSR count). The number of rotatable bonds is 7. The summed E-state index contributed by atoms with van der Waals surface area (Å²) in [4.78, 5) is 0. The summed E-state index contributed by atoms with van der Waals surface area (Å²) >= 11 is 0. The lowest BCUT2D eigenvalue weighted by Crippen LogP contribution is -2.17. The topological polar surface area (TPSA) is 32.8 Å². The van der Waals surface area contributed by atoms with E-state index in [2.05, 4.69) is 11.7 Å². The second-order valence-corrected chi connectivity index (χ2v) is 4.94. The molecule has 1 saturated heterocycles. The maximum Gasteiger partial charge on any atom is 0.0701 e. The second-order valence-electron chi connectivity index (χ2n) is 4.94. The smallest absolute Gasteiger partial charge is 0.0701 e. The molecular formula is C13H28O2. The first-order chi connectivity index (χ1) is 7.06. The summed E-state index contributed by atoms with van der Waals surface area (Å²) in [5, 5.41) is 9.42. The summed E-state index contributed by atoms with van der Waals surface area (Å²) in [7, 11) is 0. The van der Waals surface area contributed by atoms with Gasteiger partial charge in [-0.2, -0.15) is 0 Å². The minimum absolute atomic E-state index is 0.454. The Morgan fingerprint density at radius 3 is 1.87 bits per heavy atom. The Morgan fingerprint density at radius 2 is 1.47 bits per heavy atom. The molecule has 0 saturated carbocycles. The van der Waals surface area contributed by atoms with Gasteiger partial charge >= 0.3 is 0 Å². The Balaban J connectivity index is 0.000000548. The molecular weight excluding hydrogens is 188 g/mol. The molecule has 0 aromatic heterocycles. The van der Waals surface area contributed by atoms with Crippen LogP contribution in [0.15, 0.2) is 0 Å². The molecule has 1 aliphatic heterocycles. The van der Waals surface area contributed by atoms with E-state index in [1.165, 1.54) is 38.5 Å². The van der Waals surface area contributed by atoms with Gasteiger partial charge in [0, 0.05) is 0 Å². The van der Waals surface area contributed by atoms with Crippen LogP contribution in [0.25, 0.3) is 0 Å². The summed E-state index contributed by atoms with van der Waals surface area (Å²) in [5.74, 6) is 0. The van der Waals surface area contributed by atoms with Crippen LogP contribution in [0.4, 0.5) is 0 Å². The fourth-order valence-corrected chi connectivity index (χ4v) is 1.34. The van der Waals surface area contributed by atoms with Crippen LogP contribution < -0.4 is 0 Å². The van der Waals surface area contributed by atoms with Gasteiger partial charge in [0.2, 0.25) is 0 Å². The number of unbranched alkanes of at least 4 members (excludes halogenated alkanes) is 5. The van der Waals surface area contributed by atoms with Crippen LogP contribution in [0, 0.1) is 0 Å². The van der Waals surface area contributed by atoms with Crippen molar-refractivity contribution in [2.75, 3.05) is 13.2 Å². The fourth-order valence-electron chi connectivity index (χ4n) is 1.34. The van der Waals surface area contributed by atoms with E-state index in [1.54, 1.807) is 0 Å². The maximum atomic E-state index is 9.42. The van der Waals surface area contributed by atoms with Crippen LogP contribution in [0.3, 0.4) is 0 Å². The van der Waals surface area contributed by atoms with Crippen LogP contribution in [-0.2, 0) is 4.74 Å². The van der Waals surface area contributed by atoms with Gasteiger partial charge < -0.3 is 9.84 Å². The molecule has 0 atom stereocenters. The number of aliphatic hydroxyl groups is 1. The molecule has 0 aromatic rings. The summed E-state index contributed by atoms with van der Waals surface area (Å²) in [6.07, 6.45) is 8.77. The predicted octanol–water partition coefficient (Wildman–Crippen LogP) is 3.52. The molecule has 0 amide bonds. The van der Waals surface area contributed by atoms with Crippen molar-refractivity contribution >= 4 is 0 Å². The van der Waals surface area contributed by atoms with Crippen molar-refractivity contribution in [2.24, 2.45) is 0 Å². The quantitative estimate of drug-likeness (QED) is 0.521. The predicted molar refractivity (Wildman–Crippen MR) is 65.1 cm³/mol. The van der Waals surface area contributed by atoms with Gasteiger partial charge in [0.25, 0.3) is 0 Å². The van der Waals surface area contributed by atoms with E-state index >= 15 is 0 Å². The van der Waals surface area contributed by atoms with E-state index < -0.39 is 5.60 Å². The number of hydrogen-bond donors (Lipinski definition) is 1. The third-order valence-corrected chi connectivity index (χ3v) is 2.35. The molecule has 0 aliphatic carbocycles. The first kappa shape index (κ1) is 14.9. The number of hydrogen-bond acceptors (Lipinski definition) is 2. The Bertz CT molecular complexity index is 122. The summed E-state index contributed by atoms with van der Waals surface area (Å²) in [5.41, 5.74) is -0.454. The molecule has 0 spiro atoms. The van der Waals surface area contributed by atoms with E-state index in [1.807, 2.05) is 13.8 Å². The maximum absolute atomic E-state index is 9.42. The lowest BCUT2D eigenvalue weighted by molar-refractivity contribution is 0.0680. The average Bonchev–Trinajstić information content (AvgIpc) is 2.95. The van der Waals surface area contributed by atoms with Crippen LogP contribution in [0.5, 0.6) is 0 Å². The molecule has 1 aliphatic rings. The fraction of sp³-hybridized carbons (Fsp3) is 1.00. The molecule has 0 aromatic carbocycles. The Labute approximate surface area is 95.0 Å². The van der Waals surface area contributed by atoms with E-state index in [4.69, 9.17) is 0 Å². The molecule has 1 N–H and O–H groups in total. The lowest BCUT2D eigenvalue weighted by atomic mass is 10.00. The molecule has 92 valence electrons. The van der Waals surface area contributed by atoms with Crippen LogP contribution in [-0.4, -0.2) is 23.9 Å². The normalized spacial score (nSPS) is 14.4. The first-order valence-electron chi connectivity index (χ1n) is 6.36. The molecule has 0 unspecified atom stereocenters. The molecule has 2 nitrogen and oxygen atoms in total. The largest absolute Gasteiger partial charge is 0.390 e. The van der Waals surface area contributed by atoms with Crippen LogP contribution >= 0.6 is 0 Å². The monoisotopic (exact) mass is 216 g/mol. The summed E-state index contributed by atoms with van der Waals surface area (Å²) < 4.78 is 4.50. The molecule has 0 radical (unpaired) electrons. The zero-order valence-corrected chi connectivity index (χ0v) is 10.7. The van der Waals surface area contributed by atoms with Gasteiger partial charge in [-0.25, -0.2) is 0 Å². The highest BCUT2D eigenvalue weighted by Crippen LogP contribution is 2.14. The van der Waals surface area contributed by atoms with Gasteiger partial charge in [0.1, 0.15) is 0 Å². The Hall–Kier alpha value is -0.0800. The van der Waals surface area contributed by atoms with E-state index in [9.17, 15) is 5.11 Å². The lowest BCUT2D eigenvalue weighted by Gasteiger charge is -2.16. The number of epoxide rings is 1. The third-order valence-electron chi connectivity index (χ3n) is 2.35.